The van der Waals surface area contributed by atoms with Gasteiger partial charge in [0, 0.05) is 24.3 Å². The summed E-state index contributed by atoms with van der Waals surface area (Å²) < 4.78 is 10.8. The van der Waals surface area contributed by atoms with Crippen LogP contribution < -0.4 is 4.74 Å². The maximum absolute atomic E-state index is 12.3. The molecule has 0 radical (unpaired) electrons. The van der Waals surface area contributed by atoms with E-state index in [-0.39, 0.29) is 12.1 Å². The quantitative estimate of drug-likeness (QED) is 0.549. The lowest BCUT2D eigenvalue weighted by Crippen LogP contribution is -2.39. The third-order valence-corrected chi connectivity index (χ3v) is 5.32. The molecule has 2 aromatic rings. The number of aryl methyl sites for hydroxylation is 1. The van der Waals surface area contributed by atoms with Crippen LogP contribution in [0.15, 0.2) is 30.3 Å². The predicted molar refractivity (Wildman–Crippen MR) is 107 cm³/mol. The van der Waals surface area contributed by atoms with Gasteiger partial charge < -0.3 is 14.4 Å². The number of ether oxygens (including phenoxy) is 2. The van der Waals surface area contributed by atoms with E-state index in [0.29, 0.717) is 31.7 Å². The van der Waals surface area contributed by atoms with Gasteiger partial charge in [-0.25, -0.2) is 9.78 Å². The van der Waals surface area contributed by atoms with Crippen molar-refractivity contribution in [2.75, 3.05) is 6.54 Å². The van der Waals surface area contributed by atoms with Crippen LogP contribution in [0.1, 0.15) is 49.2 Å². The van der Waals surface area contributed by atoms with Gasteiger partial charge in [0.05, 0.1) is 17.2 Å². The highest BCUT2D eigenvalue weighted by Gasteiger charge is 2.27. The molecule has 2 heterocycles. The van der Waals surface area contributed by atoms with Crippen LogP contribution in [-0.4, -0.2) is 34.1 Å². The molecule has 0 saturated carbocycles. The number of carbonyl (C=O) groups is 2. The van der Waals surface area contributed by atoms with Crippen molar-refractivity contribution in [1.29, 1.82) is 0 Å². The first-order valence-corrected chi connectivity index (χ1v) is 10.3. The Labute approximate surface area is 169 Å². The Balaban J connectivity index is 1.48. The molecule has 0 atom stereocenters. The third kappa shape index (κ3) is 5.79. The SMILES string of the molecule is CC(C)(C)OC(=O)N1CCc2nc(CCCC(=O)Oc3ccccc3)sc2C1. The number of amides is 1. The highest BCUT2D eigenvalue weighted by atomic mass is 32.1. The van der Waals surface area contributed by atoms with E-state index in [0.717, 1.165) is 28.4 Å². The van der Waals surface area contributed by atoms with Crippen molar-refractivity contribution in [3.8, 4) is 5.75 Å². The fraction of sp³-hybridized carbons (Fsp3) is 0.476. The lowest BCUT2D eigenvalue weighted by atomic mass is 10.2. The van der Waals surface area contributed by atoms with Crippen molar-refractivity contribution in [3.05, 3.63) is 45.9 Å². The van der Waals surface area contributed by atoms with Crippen molar-refractivity contribution in [3.63, 3.8) is 0 Å². The number of para-hydroxylation sites is 1. The number of thiazole rings is 1. The van der Waals surface area contributed by atoms with E-state index < -0.39 is 5.60 Å². The van der Waals surface area contributed by atoms with Crippen molar-refractivity contribution in [2.24, 2.45) is 0 Å². The monoisotopic (exact) mass is 402 g/mol. The number of carbonyl (C=O) groups excluding carboxylic acids is 2. The van der Waals surface area contributed by atoms with Gasteiger partial charge in [-0.3, -0.25) is 4.79 Å². The van der Waals surface area contributed by atoms with Crippen molar-refractivity contribution in [2.45, 2.75) is 58.6 Å². The van der Waals surface area contributed by atoms with Crippen LogP contribution >= 0.6 is 11.3 Å². The second-order valence-corrected chi connectivity index (χ2v) is 8.94. The third-order valence-electron chi connectivity index (χ3n) is 4.17. The Bertz CT molecular complexity index is 827. The Morgan fingerprint density at radius 2 is 1.96 bits per heavy atom. The van der Waals surface area contributed by atoms with Gasteiger partial charge >= 0.3 is 12.1 Å². The molecule has 0 unspecified atom stereocenters. The number of esters is 1. The zero-order valence-electron chi connectivity index (χ0n) is 16.6. The molecule has 0 aliphatic carbocycles. The molecular weight excluding hydrogens is 376 g/mol. The summed E-state index contributed by atoms with van der Waals surface area (Å²) in [4.78, 5) is 31.7. The molecule has 1 aromatic heterocycles. The van der Waals surface area contributed by atoms with E-state index in [1.165, 1.54) is 0 Å². The molecule has 28 heavy (non-hydrogen) atoms. The minimum Gasteiger partial charge on any atom is -0.444 e. The first-order valence-electron chi connectivity index (χ1n) is 9.51. The maximum atomic E-state index is 12.3. The molecule has 1 aromatic carbocycles. The zero-order valence-corrected chi connectivity index (χ0v) is 17.4. The fourth-order valence-electron chi connectivity index (χ4n) is 2.89. The molecule has 1 aliphatic heterocycles. The lowest BCUT2D eigenvalue weighted by molar-refractivity contribution is -0.134. The predicted octanol–water partition coefficient (Wildman–Crippen LogP) is 4.36. The molecule has 7 heteroatoms. The number of fused-ring (bicyclic) bond motifs is 1. The molecule has 1 amide bonds. The van der Waals surface area contributed by atoms with Crippen LogP contribution in [0.25, 0.3) is 0 Å². The number of hydrogen-bond acceptors (Lipinski definition) is 6. The van der Waals surface area contributed by atoms with Crippen LogP contribution in [0, 0.1) is 0 Å². The van der Waals surface area contributed by atoms with Crippen LogP contribution in [-0.2, 0) is 28.9 Å². The van der Waals surface area contributed by atoms with Gasteiger partial charge in [0.2, 0.25) is 0 Å². The van der Waals surface area contributed by atoms with E-state index in [1.807, 2.05) is 39.0 Å². The lowest BCUT2D eigenvalue weighted by Gasteiger charge is -2.29. The summed E-state index contributed by atoms with van der Waals surface area (Å²) in [6.07, 6.45) is 2.23. The standard InChI is InChI=1S/C21H26N2O4S/c1-21(2,3)27-20(25)23-13-12-16-17(14-23)28-18(22-16)10-7-11-19(24)26-15-8-5-4-6-9-15/h4-6,8-9H,7,10-14H2,1-3H3. The summed E-state index contributed by atoms with van der Waals surface area (Å²) in [5.74, 6) is 0.336. The van der Waals surface area contributed by atoms with Crippen molar-refractivity contribution >= 4 is 23.4 Å². The van der Waals surface area contributed by atoms with Crippen LogP contribution in [0.3, 0.4) is 0 Å². The summed E-state index contributed by atoms with van der Waals surface area (Å²) in [5.41, 5.74) is 0.566. The van der Waals surface area contributed by atoms with Crippen LogP contribution in [0.2, 0.25) is 0 Å². The van der Waals surface area contributed by atoms with Gasteiger partial charge in [-0.1, -0.05) is 18.2 Å². The second-order valence-electron chi connectivity index (χ2n) is 7.77. The Morgan fingerprint density at radius 1 is 1.21 bits per heavy atom. The molecule has 0 N–H and O–H groups in total. The van der Waals surface area contributed by atoms with Gasteiger partial charge in [-0.05, 0) is 45.7 Å². The Morgan fingerprint density at radius 3 is 2.68 bits per heavy atom. The van der Waals surface area contributed by atoms with Gasteiger partial charge in [0.25, 0.3) is 0 Å². The molecule has 6 nitrogen and oxygen atoms in total. The summed E-state index contributed by atoms with van der Waals surface area (Å²) in [6.45, 7) is 6.77. The van der Waals surface area contributed by atoms with Crippen molar-refractivity contribution < 1.29 is 19.1 Å². The molecule has 3 rings (SSSR count). The Hall–Kier alpha value is -2.41. The number of aromatic nitrogens is 1. The van der Waals surface area contributed by atoms with Crippen molar-refractivity contribution in [1.82, 2.24) is 9.88 Å². The fourth-order valence-corrected chi connectivity index (χ4v) is 4.07. The second kappa shape index (κ2) is 8.73. The molecule has 150 valence electrons. The molecule has 0 bridgehead atoms. The number of hydrogen-bond donors (Lipinski definition) is 0. The van der Waals surface area contributed by atoms with Gasteiger partial charge in [-0.15, -0.1) is 11.3 Å². The topological polar surface area (TPSA) is 68.7 Å². The first kappa shape index (κ1) is 20.3. The zero-order chi connectivity index (χ0) is 20.1. The van der Waals surface area contributed by atoms with Gasteiger partial charge in [-0.2, -0.15) is 0 Å². The van der Waals surface area contributed by atoms with Crippen LogP contribution in [0.5, 0.6) is 5.75 Å². The number of rotatable bonds is 5. The normalized spacial score (nSPS) is 13.8. The first-order chi connectivity index (χ1) is 13.3. The summed E-state index contributed by atoms with van der Waals surface area (Å²) >= 11 is 1.62. The van der Waals surface area contributed by atoms with Crippen LogP contribution in [0.4, 0.5) is 4.79 Å². The number of nitrogens with zero attached hydrogens (tertiary/aromatic N) is 2. The minimum atomic E-state index is -0.495. The smallest absolute Gasteiger partial charge is 0.410 e. The minimum absolute atomic E-state index is 0.233. The average molecular weight is 403 g/mol. The highest BCUT2D eigenvalue weighted by molar-refractivity contribution is 7.11. The highest BCUT2D eigenvalue weighted by Crippen LogP contribution is 2.27. The van der Waals surface area contributed by atoms with Gasteiger partial charge in [0.1, 0.15) is 11.4 Å². The largest absolute Gasteiger partial charge is 0.444 e. The number of benzene rings is 1. The van der Waals surface area contributed by atoms with E-state index in [1.54, 1.807) is 28.4 Å². The maximum Gasteiger partial charge on any atom is 0.410 e. The van der Waals surface area contributed by atoms with E-state index in [4.69, 9.17) is 9.47 Å². The molecule has 0 spiro atoms. The van der Waals surface area contributed by atoms with Gasteiger partial charge in [0.15, 0.2) is 0 Å². The van der Waals surface area contributed by atoms with E-state index in [2.05, 4.69) is 4.98 Å². The molecular formula is C21H26N2O4S. The molecule has 1 aliphatic rings. The molecule has 0 fully saturated rings. The molecule has 0 saturated heterocycles. The Kier molecular flexibility index (Phi) is 6.34. The van der Waals surface area contributed by atoms with E-state index >= 15 is 0 Å². The van der Waals surface area contributed by atoms with E-state index in [9.17, 15) is 9.59 Å². The summed E-state index contributed by atoms with van der Waals surface area (Å²) in [5, 5.41) is 1.00. The summed E-state index contributed by atoms with van der Waals surface area (Å²) in [6, 6.07) is 9.09. The average Bonchev–Trinajstić information content (AvgIpc) is 3.03. The summed E-state index contributed by atoms with van der Waals surface area (Å²) in [7, 11) is 0.